The third-order valence-electron chi connectivity index (χ3n) is 6.13. The molecule has 0 spiro atoms. The van der Waals surface area contributed by atoms with Crippen LogP contribution in [0.2, 0.25) is 0 Å². The largest absolute Gasteiger partial charge is 0.494 e. The fourth-order valence-corrected chi connectivity index (χ4v) is 4.64. The summed E-state index contributed by atoms with van der Waals surface area (Å²) in [5.74, 6) is 8.23. The molecule has 0 radical (unpaired) electrons. The van der Waals surface area contributed by atoms with Crippen molar-refractivity contribution in [1.29, 1.82) is 0 Å². The molecule has 0 saturated heterocycles. The minimum absolute atomic E-state index is 0.666. The fraction of sp³-hybridized carbons (Fsp3) is 0.257. The lowest BCUT2D eigenvalue weighted by molar-refractivity contribution is -0.849. The van der Waals surface area contributed by atoms with E-state index >= 15 is 0 Å². The Morgan fingerprint density at radius 2 is 1.03 bits per heavy atom. The van der Waals surface area contributed by atoms with Crippen molar-refractivity contribution in [1.82, 2.24) is 0 Å². The van der Waals surface area contributed by atoms with Crippen LogP contribution in [0.1, 0.15) is 24.0 Å². The first kappa shape index (κ1) is 28.8. The van der Waals surface area contributed by atoms with Crippen molar-refractivity contribution in [3.05, 3.63) is 120 Å². The van der Waals surface area contributed by atoms with Crippen LogP contribution < -0.4 is 21.1 Å². The van der Waals surface area contributed by atoms with E-state index in [4.69, 9.17) is 4.74 Å². The van der Waals surface area contributed by atoms with Crippen LogP contribution in [0.15, 0.2) is 109 Å². The second-order valence-corrected chi connectivity index (χ2v) is 11.4. The van der Waals surface area contributed by atoms with Crippen LogP contribution >= 0.6 is 0 Å². The summed E-state index contributed by atoms with van der Waals surface area (Å²) in [6.07, 6.45) is 0.293. The van der Waals surface area contributed by atoms with Crippen LogP contribution in [0.25, 0.3) is 0 Å². The van der Waals surface area contributed by atoms with Gasteiger partial charge in [-0.1, -0.05) is 97.1 Å². The van der Waals surface area contributed by atoms with Crippen molar-refractivity contribution in [3.8, 4) is 17.5 Å². The monoisotopic (exact) mass is 503 g/mol. The molecule has 196 valence electrons. The van der Waals surface area contributed by atoms with Gasteiger partial charge in [0.05, 0.1) is 34.8 Å². The number of hydrogen-bond donors (Lipinski definition) is 0. The number of unbranched alkanes of at least 4 members (excludes halogenated alkanes) is 1. The molecule has 3 heteroatoms. The first-order chi connectivity index (χ1) is 18.2. The normalized spacial score (nSPS) is 11.0. The number of ether oxygens (including phenoxy) is 1. The molecule has 4 aromatic carbocycles. The predicted octanol–water partition coefficient (Wildman–Crippen LogP) is 5.50. The highest BCUT2D eigenvalue weighted by molar-refractivity contribution is 7.16. The second kappa shape index (κ2) is 13.7. The number of quaternary nitrogens is 1. The SMILES string of the molecule is C[N+](C)(C)C.Cc1cc(C)cc(OCCCC#C[B-](c2ccccc2)(c2ccccc2)c2ccccc2)c1. The second-order valence-electron chi connectivity index (χ2n) is 11.4. The van der Waals surface area contributed by atoms with Gasteiger partial charge in [-0.05, 0) is 43.5 Å². The molecule has 0 aliphatic heterocycles. The Bertz CT molecular complexity index is 1190. The molecule has 0 aliphatic rings. The van der Waals surface area contributed by atoms with E-state index in [0.717, 1.165) is 23.1 Å². The van der Waals surface area contributed by atoms with Crippen molar-refractivity contribution in [3.63, 3.8) is 0 Å². The Balaban J connectivity index is 0.000000732. The molecule has 38 heavy (non-hydrogen) atoms. The molecule has 0 saturated carbocycles. The van der Waals surface area contributed by atoms with Crippen molar-refractivity contribution in [2.24, 2.45) is 0 Å². The van der Waals surface area contributed by atoms with Gasteiger partial charge in [0.15, 0.2) is 0 Å². The summed E-state index contributed by atoms with van der Waals surface area (Å²) in [6.45, 7) is 4.87. The lowest BCUT2D eigenvalue weighted by Crippen LogP contribution is -2.66. The minimum atomic E-state index is -1.39. The highest BCUT2D eigenvalue weighted by Gasteiger charge is 2.27. The lowest BCUT2D eigenvalue weighted by atomic mass is 9.16. The van der Waals surface area contributed by atoms with Gasteiger partial charge >= 0.3 is 0 Å². The summed E-state index contributed by atoms with van der Waals surface area (Å²) in [5.41, 5.74) is 6.19. The molecule has 0 unspecified atom stereocenters. The minimum Gasteiger partial charge on any atom is -0.494 e. The number of benzene rings is 4. The quantitative estimate of drug-likeness (QED) is 0.140. The van der Waals surface area contributed by atoms with Gasteiger partial charge in [0, 0.05) is 6.42 Å². The number of rotatable bonds is 7. The average molecular weight is 504 g/mol. The molecule has 0 atom stereocenters. The van der Waals surface area contributed by atoms with Crippen LogP contribution in [-0.2, 0) is 0 Å². The van der Waals surface area contributed by atoms with Crippen molar-refractivity contribution in [2.75, 3.05) is 34.8 Å². The predicted molar refractivity (Wildman–Crippen MR) is 166 cm³/mol. The summed E-state index contributed by atoms with van der Waals surface area (Å²) in [7, 11) is 8.50. The van der Waals surface area contributed by atoms with Gasteiger partial charge in [0.25, 0.3) is 0 Å². The van der Waals surface area contributed by atoms with Crippen LogP contribution in [0, 0.1) is 25.6 Å². The molecule has 0 amide bonds. The molecule has 0 fully saturated rings. The van der Waals surface area contributed by atoms with Gasteiger partial charge in [-0.15, -0.1) is 5.92 Å². The van der Waals surface area contributed by atoms with Gasteiger partial charge in [0.2, 0.25) is 0 Å². The van der Waals surface area contributed by atoms with E-state index in [0.29, 0.717) is 6.61 Å². The van der Waals surface area contributed by atoms with Crippen LogP contribution in [-0.4, -0.2) is 45.4 Å². The molecule has 0 bridgehead atoms. The summed E-state index contributed by atoms with van der Waals surface area (Å²) >= 11 is 0. The number of aryl methyl sites for hydroxylation is 2. The highest BCUT2D eigenvalue weighted by Crippen LogP contribution is 2.16. The van der Waals surface area contributed by atoms with E-state index in [1.54, 1.807) is 0 Å². The van der Waals surface area contributed by atoms with Crippen molar-refractivity contribution < 1.29 is 9.22 Å². The molecule has 0 aromatic heterocycles. The topological polar surface area (TPSA) is 9.23 Å². The van der Waals surface area contributed by atoms with Crippen LogP contribution in [0.3, 0.4) is 0 Å². The summed E-state index contributed by atoms with van der Waals surface area (Å²) < 4.78 is 6.99. The zero-order chi connectivity index (χ0) is 27.4. The van der Waals surface area contributed by atoms with Gasteiger partial charge in [-0.25, -0.2) is 0 Å². The molecule has 0 aliphatic carbocycles. The van der Waals surface area contributed by atoms with Crippen molar-refractivity contribution >= 4 is 22.5 Å². The van der Waals surface area contributed by atoms with Gasteiger partial charge in [0.1, 0.15) is 11.9 Å². The first-order valence-electron chi connectivity index (χ1n) is 13.5. The summed E-state index contributed by atoms with van der Waals surface area (Å²) in [6, 6.07) is 38.4. The standard InChI is InChI=1S/C31H30BO.C4H12N/c1-26-23-27(2)25-31(24-26)33-22-14-6-13-21-32(28-15-7-3-8-16-28,29-17-9-4-10-18-29)30-19-11-5-12-20-30;1-5(2,3)4/h3-5,7-12,15-20,23-25H,6,14,22H2,1-2H3;1-4H3/q-1;+1. The smallest absolute Gasteiger partial charge is 0.149 e. The number of nitrogens with zero attached hydrogens (tertiary/aromatic N) is 1. The van der Waals surface area contributed by atoms with Crippen LogP contribution in [0.4, 0.5) is 0 Å². The first-order valence-corrected chi connectivity index (χ1v) is 13.5. The molecule has 4 aromatic rings. The van der Waals surface area contributed by atoms with Gasteiger partial charge in [-0.3, -0.25) is 5.82 Å². The Labute approximate surface area is 230 Å². The Morgan fingerprint density at radius 1 is 0.632 bits per heavy atom. The molecule has 2 nitrogen and oxygen atoms in total. The lowest BCUT2D eigenvalue weighted by Gasteiger charge is -2.38. The zero-order valence-electron chi connectivity index (χ0n) is 23.9. The third kappa shape index (κ3) is 8.68. The van der Waals surface area contributed by atoms with Gasteiger partial charge < -0.3 is 9.22 Å². The Morgan fingerprint density at radius 3 is 1.42 bits per heavy atom. The number of hydrogen-bond acceptors (Lipinski definition) is 1. The van der Waals surface area contributed by atoms with E-state index in [9.17, 15) is 0 Å². The average Bonchev–Trinajstić information content (AvgIpc) is 2.88. The van der Waals surface area contributed by atoms with E-state index in [1.165, 1.54) is 27.5 Å². The summed E-state index contributed by atoms with van der Waals surface area (Å²) in [4.78, 5) is 0. The van der Waals surface area contributed by atoms with Crippen molar-refractivity contribution in [2.45, 2.75) is 26.7 Å². The maximum absolute atomic E-state index is 5.99. The van der Waals surface area contributed by atoms with E-state index < -0.39 is 6.15 Å². The maximum atomic E-state index is 5.99. The summed E-state index contributed by atoms with van der Waals surface area (Å²) in [5, 5.41) is 0. The molecular formula is C35H42BNO. The molecule has 0 heterocycles. The third-order valence-corrected chi connectivity index (χ3v) is 6.13. The zero-order valence-corrected chi connectivity index (χ0v) is 23.9. The highest BCUT2D eigenvalue weighted by atomic mass is 16.5. The van der Waals surface area contributed by atoms with E-state index in [-0.39, 0.29) is 0 Å². The molecular weight excluding hydrogens is 461 g/mol. The Hall–Kier alpha value is -3.74. The van der Waals surface area contributed by atoms with E-state index in [2.05, 4.69) is 163 Å². The fourth-order valence-electron chi connectivity index (χ4n) is 4.64. The molecule has 4 rings (SSSR count). The van der Waals surface area contributed by atoms with E-state index in [1.807, 2.05) is 0 Å². The maximum Gasteiger partial charge on any atom is 0.149 e. The molecule has 0 N–H and O–H groups in total. The Kier molecular flexibility index (Phi) is 10.4. The van der Waals surface area contributed by atoms with Crippen LogP contribution in [0.5, 0.6) is 5.75 Å². The van der Waals surface area contributed by atoms with Gasteiger partial charge in [-0.2, -0.15) is 16.4 Å².